The smallest absolute Gasteiger partial charge is 0.410 e. The summed E-state index contributed by atoms with van der Waals surface area (Å²) >= 11 is 6.60. The van der Waals surface area contributed by atoms with Gasteiger partial charge in [-0.05, 0) is 76.9 Å². The number of likely N-dealkylation sites (tertiary alicyclic amines) is 1. The standard InChI is InChI=1S/C33H45ClFN7O4Si/c1-21-30(38-39-42(21)24-12-14-40(15-13-24)31(43)46-32(2,3)4)22-16-28-37-19-27(34)41(28)29(17-22)45-26(25-11-10-23(35)18-36-25)20-44-47(8,9)33(5,6)7/h10-11,16-19,24,26H,12-15,20H2,1-9H3. The van der Waals surface area contributed by atoms with Crippen molar-refractivity contribution < 1.29 is 23.1 Å². The van der Waals surface area contributed by atoms with Gasteiger partial charge in [0.05, 0.1) is 36.4 Å². The van der Waals surface area contributed by atoms with E-state index in [4.69, 9.17) is 25.5 Å². The van der Waals surface area contributed by atoms with Gasteiger partial charge >= 0.3 is 6.09 Å². The zero-order chi connectivity index (χ0) is 34.3. The van der Waals surface area contributed by atoms with Gasteiger partial charge in [-0.25, -0.2) is 18.9 Å². The molecule has 14 heteroatoms. The van der Waals surface area contributed by atoms with Crippen molar-refractivity contribution in [2.24, 2.45) is 0 Å². The van der Waals surface area contributed by atoms with Crippen LogP contribution in [0.1, 0.15) is 77.9 Å². The molecule has 5 rings (SSSR count). The Kier molecular flexibility index (Phi) is 9.73. The first-order valence-corrected chi connectivity index (χ1v) is 19.2. The number of ether oxygens (including phenoxy) is 2. The van der Waals surface area contributed by atoms with Gasteiger partial charge in [-0.15, -0.1) is 5.10 Å². The number of amides is 1. The average molecular weight is 686 g/mol. The number of imidazole rings is 1. The summed E-state index contributed by atoms with van der Waals surface area (Å²) in [5.74, 6) is -0.0245. The lowest BCUT2D eigenvalue weighted by molar-refractivity contribution is 0.0183. The van der Waals surface area contributed by atoms with Gasteiger partial charge in [0.25, 0.3) is 0 Å². The number of aromatic nitrogens is 6. The van der Waals surface area contributed by atoms with Crippen molar-refractivity contribution >= 4 is 31.7 Å². The van der Waals surface area contributed by atoms with Gasteiger partial charge in [0, 0.05) is 24.7 Å². The summed E-state index contributed by atoms with van der Waals surface area (Å²) in [7, 11) is -2.16. The molecule has 1 unspecified atom stereocenters. The number of halogens is 2. The molecular formula is C33H45ClFN7O4Si. The molecule has 1 amide bonds. The molecule has 0 bridgehead atoms. The van der Waals surface area contributed by atoms with Crippen LogP contribution in [0, 0.1) is 12.7 Å². The van der Waals surface area contributed by atoms with Crippen LogP contribution in [-0.2, 0) is 9.16 Å². The van der Waals surface area contributed by atoms with E-state index in [0.29, 0.717) is 41.2 Å². The van der Waals surface area contributed by atoms with Gasteiger partial charge in [0.15, 0.2) is 14.4 Å². The molecule has 254 valence electrons. The Hall–Kier alpha value is -3.55. The third-order valence-corrected chi connectivity index (χ3v) is 13.7. The molecule has 0 radical (unpaired) electrons. The van der Waals surface area contributed by atoms with E-state index in [1.54, 1.807) is 21.6 Å². The summed E-state index contributed by atoms with van der Waals surface area (Å²) < 4.78 is 36.3. The Morgan fingerprint density at radius 1 is 1.09 bits per heavy atom. The highest BCUT2D eigenvalue weighted by atomic mass is 35.5. The first-order valence-electron chi connectivity index (χ1n) is 15.9. The highest BCUT2D eigenvalue weighted by molar-refractivity contribution is 6.74. The number of carbonyl (C=O) groups excluding carboxylic acids is 1. The van der Waals surface area contributed by atoms with Crippen LogP contribution in [0.25, 0.3) is 16.9 Å². The van der Waals surface area contributed by atoms with Crippen LogP contribution in [-0.4, -0.2) is 74.0 Å². The Morgan fingerprint density at radius 3 is 2.40 bits per heavy atom. The van der Waals surface area contributed by atoms with E-state index in [0.717, 1.165) is 24.1 Å². The summed E-state index contributed by atoms with van der Waals surface area (Å²) in [6.45, 7) is 19.8. The first-order chi connectivity index (χ1) is 21.9. The maximum absolute atomic E-state index is 13.9. The van der Waals surface area contributed by atoms with Crippen LogP contribution >= 0.6 is 11.6 Å². The van der Waals surface area contributed by atoms with Crippen molar-refractivity contribution in [2.75, 3.05) is 19.7 Å². The molecule has 0 aromatic carbocycles. The van der Waals surface area contributed by atoms with E-state index in [9.17, 15) is 9.18 Å². The molecule has 1 fully saturated rings. The third kappa shape index (κ3) is 7.78. The molecule has 1 saturated heterocycles. The average Bonchev–Trinajstić information content (AvgIpc) is 3.56. The molecule has 11 nitrogen and oxygen atoms in total. The molecule has 0 aliphatic carbocycles. The molecule has 0 spiro atoms. The van der Waals surface area contributed by atoms with Crippen molar-refractivity contribution in [3.8, 4) is 17.1 Å². The van der Waals surface area contributed by atoms with E-state index in [2.05, 4.69) is 54.1 Å². The highest BCUT2D eigenvalue weighted by Crippen LogP contribution is 2.38. The number of fused-ring (bicyclic) bond motifs is 1. The number of carbonyl (C=O) groups is 1. The Morgan fingerprint density at radius 2 is 1.79 bits per heavy atom. The second-order valence-corrected chi connectivity index (χ2v) is 19.8. The molecule has 0 N–H and O–H groups in total. The van der Waals surface area contributed by atoms with Crippen LogP contribution in [0.3, 0.4) is 0 Å². The molecular weight excluding hydrogens is 641 g/mol. The number of pyridine rings is 2. The minimum Gasteiger partial charge on any atom is -0.466 e. The van der Waals surface area contributed by atoms with Gasteiger partial charge in [-0.2, -0.15) is 0 Å². The summed E-state index contributed by atoms with van der Waals surface area (Å²) in [6.07, 6.45) is 3.24. The quantitative estimate of drug-likeness (QED) is 0.173. The normalized spacial score (nSPS) is 15.7. The predicted molar refractivity (Wildman–Crippen MR) is 181 cm³/mol. The van der Waals surface area contributed by atoms with E-state index in [-0.39, 0.29) is 23.8 Å². The summed E-state index contributed by atoms with van der Waals surface area (Å²) in [5, 5.41) is 9.45. The van der Waals surface area contributed by atoms with Gasteiger partial charge in [0.1, 0.15) is 27.9 Å². The molecule has 1 atom stereocenters. The van der Waals surface area contributed by atoms with Gasteiger partial charge in [-0.1, -0.05) is 37.6 Å². The van der Waals surface area contributed by atoms with Crippen LogP contribution in [0.15, 0.2) is 36.7 Å². The Bertz CT molecular complexity index is 1720. The van der Waals surface area contributed by atoms with E-state index >= 15 is 0 Å². The van der Waals surface area contributed by atoms with Crippen molar-refractivity contribution in [3.05, 3.63) is 59.0 Å². The fourth-order valence-electron chi connectivity index (χ4n) is 5.24. The highest BCUT2D eigenvalue weighted by Gasteiger charge is 2.38. The zero-order valence-electron chi connectivity index (χ0n) is 28.7. The van der Waals surface area contributed by atoms with Gasteiger partial charge < -0.3 is 18.8 Å². The molecule has 47 heavy (non-hydrogen) atoms. The molecule has 4 aromatic heterocycles. The fraction of sp³-hybridized carbons (Fsp3) is 0.545. The molecule has 4 aromatic rings. The SMILES string of the molecule is Cc1c(-c2cc(OC(CO[Si](C)(C)C(C)(C)C)c3ccc(F)cn3)n3c(Cl)cnc3c2)nnn1C1CCN(C(=O)OC(C)(C)C)CC1. The lowest BCUT2D eigenvalue weighted by Gasteiger charge is -2.37. The Labute approximate surface area is 281 Å². The minimum atomic E-state index is -2.16. The predicted octanol–water partition coefficient (Wildman–Crippen LogP) is 7.80. The maximum Gasteiger partial charge on any atom is 0.410 e. The second kappa shape index (κ2) is 13.2. The number of piperidine rings is 1. The van der Waals surface area contributed by atoms with Crippen LogP contribution in [0.2, 0.25) is 23.3 Å². The molecule has 5 heterocycles. The van der Waals surface area contributed by atoms with Crippen LogP contribution in [0.4, 0.5) is 9.18 Å². The first kappa shape index (κ1) is 34.8. The minimum absolute atomic E-state index is 0.0235. The van der Waals surface area contributed by atoms with Crippen molar-refractivity contribution in [2.45, 2.75) is 97.2 Å². The summed E-state index contributed by atoms with van der Waals surface area (Å²) in [6, 6.07) is 6.80. The van der Waals surface area contributed by atoms with Crippen LogP contribution < -0.4 is 4.74 Å². The van der Waals surface area contributed by atoms with Crippen LogP contribution in [0.5, 0.6) is 5.88 Å². The number of hydrogen-bond acceptors (Lipinski definition) is 8. The topological polar surface area (TPSA) is 109 Å². The number of hydrogen-bond donors (Lipinski definition) is 0. The van der Waals surface area contributed by atoms with E-state index < -0.39 is 25.8 Å². The summed E-state index contributed by atoms with van der Waals surface area (Å²) in [5.41, 5.74) is 2.87. The van der Waals surface area contributed by atoms with Crippen molar-refractivity contribution in [1.82, 2.24) is 34.3 Å². The molecule has 1 aliphatic rings. The van der Waals surface area contributed by atoms with Crippen molar-refractivity contribution in [3.63, 3.8) is 0 Å². The molecule has 1 aliphatic heterocycles. The van der Waals surface area contributed by atoms with E-state index in [1.807, 2.05) is 44.5 Å². The zero-order valence-corrected chi connectivity index (χ0v) is 30.4. The van der Waals surface area contributed by atoms with Gasteiger partial charge in [0.2, 0.25) is 5.88 Å². The van der Waals surface area contributed by atoms with Gasteiger partial charge in [-0.3, -0.25) is 9.38 Å². The largest absolute Gasteiger partial charge is 0.466 e. The summed E-state index contributed by atoms with van der Waals surface area (Å²) in [4.78, 5) is 23.2. The lowest BCUT2D eigenvalue weighted by Crippen LogP contribution is -2.42. The lowest BCUT2D eigenvalue weighted by atomic mass is 10.0. The molecule has 0 saturated carbocycles. The maximum atomic E-state index is 13.9. The number of nitrogens with zero attached hydrogens (tertiary/aromatic N) is 7. The second-order valence-electron chi connectivity index (χ2n) is 14.6. The van der Waals surface area contributed by atoms with Crippen molar-refractivity contribution in [1.29, 1.82) is 0 Å². The Balaban J connectivity index is 1.43. The van der Waals surface area contributed by atoms with E-state index in [1.165, 1.54) is 12.3 Å². The third-order valence-electron chi connectivity index (χ3n) is 8.94. The fourth-order valence-corrected chi connectivity index (χ4v) is 6.46. The monoisotopic (exact) mass is 685 g/mol. The number of rotatable bonds is 8.